The Labute approximate surface area is 143 Å². The fourth-order valence-corrected chi connectivity index (χ4v) is 3.23. The lowest BCUT2D eigenvalue weighted by Crippen LogP contribution is -2.38. The summed E-state index contributed by atoms with van der Waals surface area (Å²) in [5.41, 5.74) is 0.157. The number of nitrogens with zero attached hydrogens (tertiary/aromatic N) is 3. The van der Waals surface area contributed by atoms with Gasteiger partial charge in [-0.1, -0.05) is 6.07 Å². The minimum Gasteiger partial charge on any atom is -0.446 e. The predicted octanol–water partition coefficient (Wildman–Crippen LogP) is 1.17. The van der Waals surface area contributed by atoms with Gasteiger partial charge in [0.15, 0.2) is 11.4 Å². The summed E-state index contributed by atoms with van der Waals surface area (Å²) < 4.78 is 8.17. The number of likely N-dealkylation sites (tertiary alicyclic amines) is 1. The van der Waals surface area contributed by atoms with E-state index in [0.29, 0.717) is 11.3 Å². The number of fused-ring (bicyclic) bond motifs is 2. The number of anilines is 2. The first-order chi connectivity index (χ1) is 12.0. The van der Waals surface area contributed by atoms with Crippen LogP contribution in [0.2, 0.25) is 0 Å². The number of aromatic nitrogens is 2. The Kier molecular flexibility index (Phi) is 3.41. The van der Waals surface area contributed by atoms with Crippen LogP contribution in [0.5, 0.6) is 11.5 Å². The molecule has 25 heavy (non-hydrogen) atoms. The van der Waals surface area contributed by atoms with Crippen molar-refractivity contribution in [2.24, 2.45) is 14.1 Å². The smallest absolute Gasteiger partial charge is 0.310 e. The summed E-state index contributed by atoms with van der Waals surface area (Å²) in [6.45, 7) is 1.43. The summed E-state index contributed by atoms with van der Waals surface area (Å²) in [4.78, 5) is 39.4. The van der Waals surface area contributed by atoms with Crippen LogP contribution in [0.4, 0.5) is 11.4 Å². The van der Waals surface area contributed by atoms with Crippen LogP contribution in [-0.4, -0.2) is 33.3 Å². The molecule has 0 atom stereocenters. The van der Waals surface area contributed by atoms with Crippen molar-refractivity contribution in [2.45, 2.75) is 12.8 Å². The lowest BCUT2D eigenvalue weighted by molar-refractivity contribution is 0.0790. The van der Waals surface area contributed by atoms with Gasteiger partial charge in [-0.05, 0) is 25.0 Å². The molecule has 2 aliphatic heterocycles. The Balaban J connectivity index is 1.84. The van der Waals surface area contributed by atoms with Crippen molar-refractivity contribution in [3.05, 3.63) is 44.5 Å². The van der Waals surface area contributed by atoms with E-state index in [9.17, 15) is 14.4 Å². The zero-order chi connectivity index (χ0) is 17.7. The number of carbonyl (C=O) groups excluding carboxylic acids is 1. The first kappa shape index (κ1) is 15.5. The van der Waals surface area contributed by atoms with Gasteiger partial charge in [0.05, 0.1) is 11.3 Å². The molecule has 1 N–H and O–H groups in total. The monoisotopic (exact) mass is 342 g/mol. The average Bonchev–Trinajstić information content (AvgIpc) is 3.17. The van der Waals surface area contributed by atoms with Crippen molar-refractivity contribution < 1.29 is 9.53 Å². The Bertz CT molecular complexity index is 999. The number of carbonyl (C=O) groups is 1. The van der Waals surface area contributed by atoms with Crippen LogP contribution >= 0.6 is 0 Å². The maximum Gasteiger partial charge on any atom is 0.310 e. The molecule has 1 aromatic carbocycles. The molecular formula is C17H18N4O4. The summed E-state index contributed by atoms with van der Waals surface area (Å²) in [5, 5.41) is 2.96. The Morgan fingerprint density at radius 1 is 1.04 bits per heavy atom. The third-order valence-electron chi connectivity index (χ3n) is 4.78. The minimum atomic E-state index is -0.446. The van der Waals surface area contributed by atoms with E-state index in [1.54, 1.807) is 23.1 Å². The van der Waals surface area contributed by atoms with Crippen LogP contribution < -0.4 is 21.2 Å². The summed E-state index contributed by atoms with van der Waals surface area (Å²) >= 11 is 0. The van der Waals surface area contributed by atoms with Crippen molar-refractivity contribution in [2.75, 3.05) is 18.4 Å². The number of hydrogen-bond acceptors (Lipinski definition) is 5. The summed E-state index contributed by atoms with van der Waals surface area (Å²) in [6, 6.07) is 5.13. The molecule has 3 heterocycles. The zero-order valence-electron chi connectivity index (χ0n) is 14.0. The van der Waals surface area contributed by atoms with Crippen LogP contribution in [-0.2, 0) is 14.1 Å². The molecule has 0 radical (unpaired) electrons. The molecule has 2 aliphatic rings. The van der Waals surface area contributed by atoms with Crippen LogP contribution in [0.25, 0.3) is 0 Å². The predicted molar refractivity (Wildman–Crippen MR) is 91.9 cm³/mol. The Morgan fingerprint density at radius 2 is 1.72 bits per heavy atom. The summed E-state index contributed by atoms with van der Waals surface area (Å²) in [7, 11) is 3.00. The number of rotatable bonds is 1. The third-order valence-corrected chi connectivity index (χ3v) is 4.78. The van der Waals surface area contributed by atoms with Gasteiger partial charge in [0.2, 0.25) is 5.75 Å². The van der Waals surface area contributed by atoms with Crippen molar-refractivity contribution in [3.63, 3.8) is 0 Å². The molecule has 0 saturated carbocycles. The number of para-hydroxylation sites is 1. The number of amides is 1. The highest BCUT2D eigenvalue weighted by Gasteiger charge is 2.30. The molecule has 4 rings (SSSR count). The van der Waals surface area contributed by atoms with Gasteiger partial charge < -0.3 is 15.0 Å². The molecule has 1 saturated heterocycles. The molecule has 130 valence electrons. The standard InChI is InChI=1S/C17H18N4O4/c1-19-16(23)12-14(17(24)20(19)2)25-13-10(6-5-7-11(13)18-12)15(22)21-8-3-4-9-21/h5-7,18H,3-4,8-9H2,1-2H3. The molecule has 8 heteroatoms. The number of ether oxygens (including phenoxy) is 1. The molecule has 0 bridgehead atoms. The topological polar surface area (TPSA) is 85.6 Å². The van der Waals surface area contributed by atoms with Gasteiger partial charge >= 0.3 is 5.56 Å². The molecule has 8 nitrogen and oxygen atoms in total. The first-order valence-corrected chi connectivity index (χ1v) is 8.16. The molecule has 1 fully saturated rings. The molecule has 1 amide bonds. The fourth-order valence-electron chi connectivity index (χ4n) is 3.23. The summed E-state index contributed by atoms with van der Waals surface area (Å²) in [6.07, 6.45) is 1.97. The van der Waals surface area contributed by atoms with Gasteiger partial charge in [-0.3, -0.25) is 14.4 Å². The SMILES string of the molecule is Cn1c(=O)c2c(c(=O)n1C)Oc1c(cccc1C(=O)N1CCCC1)N2. The minimum absolute atomic E-state index is 0.0835. The van der Waals surface area contributed by atoms with Crippen molar-refractivity contribution in [1.82, 2.24) is 14.3 Å². The van der Waals surface area contributed by atoms with Crippen molar-refractivity contribution in [1.29, 1.82) is 0 Å². The highest BCUT2D eigenvalue weighted by Crippen LogP contribution is 2.41. The second-order valence-electron chi connectivity index (χ2n) is 6.27. The molecule has 0 unspecified atom stereocenters. The maximum atomic E-state index is 12.8. The van der Waals surface area contributed by atoms with Crippen molar-refractivity contribution in [3.8, 4) is 11.5 Å². The molecule has 2 aromatic rings. The van der Waals surface area contributed by atoms with Gasteiger partial charge in [-0.15, -0.1) is 0 Å². The average molecular weight is 342 g/mol. The van der Waals surface area contributed by atoms with E-state index in [4.69, 9.17) is 4.74 Å². The quantitative estimate of drug-likeness (QED) is 0.717. The molecule has 0 spiro atoms. The van der Waals surface area contributed by atoms with Crippen LogP contribution in [0.1, 0.15) is 23.2 Å². The zero-order valence-corrected chi connectivity index (χ0v) is 14.0. The lowest BCUT2D eigenvalue weighted by atomic mass is 10.1. The normalized spacial score (nSPS) is 15.2. The van der Waals surface area contributed by atoms with Gasteiger partial charge in [0.25, 0.3) is 11.5 Å². The maximum absolute atomic E-state index is 12.8. The third kappa shape index (κ3) is 2.25. The molecular weight excluding hydrogens is 324 g/mol. The fraction of sp³-hybridized carbons (Fsp3) is 0.353. The van der Waals surface area contributed by atoms with E-state index in [1.807, 2.05) is 0 Å². The van der Waals surface area contributed by atoms with Gasteiger partial charge in [-0.2, -0.15) is 0 Å². The van der Waals surface area contributed by atoms with E-state index in [0.717, 1.165) is 25.9 Å². The number of benzene rings is 1. The highest BCUT2D eigenvalue weighted by molar-refractivity contribution is 6.00. The van der Waals surface area contributed by atoms with E-state index < -0.39 is 5.56 Å². The van der Waals surface area contributed by atoms with E-state index in [-0.39, 0.29) is 28.7 Å². The molecule has 0 aliphatic carbocycles. The Morgan fingerprint density at radius 3 is 2.44 bits per heavy atom. The second-order valence-corrected chi connectivity index (χ2v) is 6.27. The number of nitrogens with one attached hydrogen (secondary N) is 1. The van der Waals surface area contributed by atoms with E-state index >= 15 is 0 Å². The second kappa shape index (κ2) is 5.51. The van der Waals surface area contributed by atoms with Crippen LogP contribution in [0.3, 0.4) is 0 Å². The highest BCUT2D eigenvalue weighted by atomic mass is 16.5. The van der Waals surface area contributed by atoms with Crippen molar-refractivity contribution >= 4 is 17.3 Å². The van der Waals surface area contributed by atoms with E-state index in [2.05, 4.69) is 5.32 Å². The van der Waals surface area contributed by atoms with Gasteiger partial charge in [-0.25, -0.2) is 9.36 Å². The van der Waals surface area contributed by atoms with Gasteiger partial charge in [0.1, 0.15) is 0 Å². The summed E-state index contributed by atoms with van der Waals surface area (Å²) in [5.74, 6) is 0.0808. The van der Waals surface area contributed by atoms with Gasteiger partial charge in [0, 0.05) is 27.2 Å². The van der Waals surface area contributed by atoms with E-state index in [1.165, 1.54) is 23.5 Å². The molecule has 1 aromatic heterocycles. The number of hydrogen-bond donors (Lipinski definition) is 1. The largest absolute Gasteiger partial charge is 0.446 e. The lowest BCUT2D eigenvalue weighted by Gasteiger charge is -2.25. The van der Waals surface area contributed by atoms with Crippen LogP contribution in [0.15, 0.2) is 27.8 Å². The first-order valence-electron chi connectivity index (χ1n) is 8.16. The Hall–Kier alpha value is -3.03. The van der Waals surface area contributed by atoms with Crippen LogP contribution in [0, 0.1) is 0 Å².